The Kier molecular flexibility index (Phi) is 4.84. The first-order valence-corrected chi connectivity index (χ1v) is 9.44. The van der Waals surface area contributed by atoms with Crippen LogP contribution in [-0.2, 0) is 0 Å². The van der Waals surface area contributed by atoms with Crippen molar-refractivity contribution in [3.05, 3.63) is 104 Å². The molecular weight excluding hydrogens is 368 g/mol. The van der Waals surface area contributed by atoms with Gasteiger partial charge in [0, 0.05) is 10.4 Å². The molecule has 0 saturated heterocycles. The van der Waals surface area contributed by atoms with Crippen LogP contribution < -0.4 is 5.43 Å². The number of fused-ring (bicyclic) bond motifs is 1. The highest BCUT2D eigenvalue weighted by molar-refractivity contribution is 6.30. The third-order valence-electron chi connectivity index (χ3n) is 4.82. The summed E-state index contributed by atoms with van der Waals surface area (Å²) < 4.78 is 1.67. The lowest BCUT2D eigenvalue weighted by Gasteiger charge is -2.02. The van der Waals surface area contributed by atoms with Gasteiger partial charge in [0.25, 0.3) is 0 Å². The molecule has 0 aliphatic rings. The van der Waals surface area contributed by atoms with Crippen LogP contribution in [0.4, 0.5) is 0 Å². The Morgan fingerprint density at radius 1 is 0.893 bits per heavy atom. The van der Waals surface area contributed by atoms with Gasteiger partial charge in [-0.3, -0.25) is 4.79 Å². The monoisotopic (exact) mass is 386 g/mol. The number of rotatable bonds is 3. The molecule has 0 aliphatic carbocycles. The van der Waals surface area contributed by atoms with Crippen LogP contribution in [0.3, 0.4) is 0 Å². The van der Waals surface area contributed by atoms with E-state index >= 15 is 0 Å². The molecule has 0 aliphatic heterocycles. The normalized spacial score (nSPS) is 11.4. The van der Waals surface area contributed by atoms with Crippen LogP contribution in [0.1, 0.15) is 22.4 Å². The number of benzene rings is 2. The first-order valence-electron chi connectivity index (χ1n) is 9.06. The van der Waals surface area contributed by atoms with E-state index in [2.05, 4.69) is 32.0 Å². The summed E-state index contributed by atoms with van der Waals surface area (Å²) in [6, 6.07) is 20.8. The fourth-order valence-corrected chi connectivity index (χ4v) is 3.37. The minimum atomic E-state index is -0.0849. The molecule has 4 rings (SSSR count). The Morgan fingerprint density at radius 2 is 1.71 bits per heavy atom. The lowest BCUT2D eigenvalue weighted by atomic mass is 10.1. The average molecular weight is 387 g/mol. The van der Waals surface area contributed by atoms with Gasteiger partial charge in [-0.2, -0.15) is 5.10 Å². The second-order valence-corrected chi connectivity index (χ2v) is 7.24. The summed E-state index contributed by atoms with van der Waals surface area (Å²) in [5.74, 6) is 0. The molecule has 0 amide bonds. The van der Waals surface area contributed by atoms with Crippen molar-refractivity contribution in [3.63, 3.8) is 0 Å². The topological polar surface area (TPSA) is 34.9 Å². The lowest BCUT2D eigenvalue weighted by molar-refractivity contribution is 0.902. The Bertz CT molecular complexity index is 1270. The number of hydrogen-bond donors (Lipinski definition) is 0. The van der Waals surface area contributed by atoms with Crippen molar-refractivity contribution < 1.29 is 0 Å². The molecule has 4 aromatic rings. The maximum atomic E-state index is 12.7. The standard InChI is InChI=1S/C24H19ClN2O/c1-16-10-11-18(14-17(16)2)12-13-22-21-8-3-4-9-23(28)24(21)27(26-22)20-7-5-6-19(25)15-20/h3-15H,1-2H3/b13-12-. The molecule has 28 heavy (non-hydrogen) atoms. The maximum absolute atomic E-state index is 12.7. The predicted octanol–water partition coefficient (Wildman–Crippen LogP) is 5.83. The second-order valence-electron chi connectivity index (χ2n) is 6.80. The minimum Gasteiger partial charge on any atom is -0.288 e. The van der Waals surface area contributed by atoms with E-state index in [1.807, 2.05) is 36.4 Å². The van der Waals surface area contributed by atoms with Crippen molar-refractivity contribution in [2.75, 3.05) is 0 Å². The lowest BCUT2D eigenvalue weighted by Crippen LogP contribution is -2.04. The van der Waals surface area contributed by atoms with Crippen molar-refractivity contribution >= 4 is 34.7 Å². The summed E-state index contributed by atoms with van der Waals surface area (Å²) in [6.45, 7) is 4.19. The zero-order valence-electron chi connectivity index (χ0n) is 15.7. The number of hydrogen-bond acceptors (Lipinski definition) is 2. The molecule has 0 unspecified atom stereocenters. The first-order chi connectivity index (χ1) is 13.5. The van der Waals surface area contributed by atoms with Crippen LogP contribution in [0, 0.1) is 13.8 Å². The third kappa shape index (κ3) is 3.49. The quantitative estimate of drug-likeness (QED) is 0.444. The summed E-state index contributed by atoms with van der Waals surface area (Å²) in [7, 11) is 0. The van der Waals surface area contributed by atoms with Crippen LogP contribution in [0.15, 0.2) is 71.5 Å². The average Bonchev–Trinajstić information content (AvgIpc) is 2.93. The van der Waals surface area contributed by atoms with E-state index in [0.29, 0.717) is 10.5 Å². The number of aromatic nitrogens is 2. The Labute approximate surface area is 168 Å². The fraction of sp³-hybridized carbons (Fsp3) is 0.0833. The van der Waals surface area contributed by atoms with E-state index in [0.717, 1.165) is 22.3 Å². The number of nitrogens with zero attached hydrogens (tertiary/aromatic N) is 2. The Balaban J connectivity index is 1.91. The van der Waals surface area contributed by atoms with Crippen molar-refractivity contribution in [1.82, 2.24) is 9.78 Å². The molecule has 0 N–H and O–H groups in total. The fourth-order valence-electron chi connectivity index (χ4n) is 3.18. The van der Waals surface area contributed by atoms with Gasteiger partial charge in [-0.25, -0.2) is 4.68 Å². The zero-order chi connectivity index (χ0) is 19.7. The van der Waals surface area contributed by atoms with E-state index in [9.17, 15) is 4.79 Å². The van der Waals surface area contributed by atoms with E-state index in [1.54, 1.807) is 28.9 Å². The Hall–Kier alpha value is -3.17. The highest BCUT2D eigenvalue weighted by Gasteiger charge is 2.12. The van der Waals surface area contributed by atoms with Crippen LogP contribution in [0.2, 0.25) is 5.02 Å². The summed E-state index contributed by atoms with van der Waals surface area (Å²) in [4.78, 5) is 12.7. The van der Waals surface area contributed by atoms with Gasteiger partial charge in [-0.1, -0.05) is 60.1 Å². The van der Waals surface area contributed by atoms with Crippen LogP contribution in [-0.4, -0.2) is 9.78 Å². The van der Waals surface area contributed by atoms with Crippen LogP contribution in [0.25, 0.3) is 28.7 Å². The molecule has 1 aromatic heterocycles. The molecule has 3 nitrogen and oxygen atoms in total. The summed E-state index contributed by atoms with van der Waals surface area (Å²) in [5.41, 5.74) is 5.54. The van der Waals surface area contributed by atoms with Gasteiger partial charge in [0.1, 0.15) is 5.52 Å². The molecule has 0 bridgehead atoms. The highest BCUT2D eigenvalue weighted by Crippen LogP contribution is 2.23. The van der Waals surface area contributed by atoms with Gasteiger partial charge in [0.2, 0.25) is 5.43 Å². The number of aryl methyl sites for hydroxylation is 2. The van der Waals surface area contributed by atoms with Gasteiger partial charge in [0.05, 0.1) is 11.4 Å². The van der Waals surface area contributed by atoms with E-state index in [1.165, 1.54) is 11.1 Å². The first kappa shape index (κ1) is 18.2. The van der Waals surface area contributed by atoms with Crippen molar-refractivity contribution in [2.45, 2.75) is 13.8 Å². The van der Waals surface area contributed by atoms with E-state index in [4.69, 9.17) is 16.7 Å². The second kappa shape index (κ2) is 7.45. The number of halogens is 1. The smallest absolute Gasteiger partial charge is 0.204 e. The molecule has 0 spiro atoms. The van der Waals surface area contributed by atoms with Crippen molar-refractivity contribution in [3.8, 4) is 5.69 Å². The van der Waals surface area contributed by atoms with Crippen LogP contribution >= 0.6 is 11.6 Å². The molecule has 4 heteroatoms. The molecular formula is C24H19ClN2O. The molecule has 1 heterocycles. The summed E-state index contributed by atoms with van der Waals surface area (Å²) in [5, 5.41) is 6.11. The molecule has 0 fully saturated rings. The van der Waals surface area contributed by atoms with Gasteiger partial charge in [0.15, 0.2) is 0 Å². The van der Waals surface area contributed by atoms with E-state index < -0.39 is 0 Å². The van der Waals surface area contributed by atoms with Crippen LogP contribution in [0.5, 0.6) is 0 Å². The van der Waals surface area contributed by atoms with Gasteiger partial charge in [-0.05, 0) is 60.9 Å². The predicted molar refractivity (Wildman–Crippen MR) is 117 cm³/mol. The zero-order valence-corrected chi connectivity index (χ0v) is 16.4. The molecule has 138 valence electrons. The van der Waals surface area contributed by atoms with Gasteiger partial charge >= 0.3 is 0 Å². The van der Waals surface area contributed by atoms with Gasteiger partial charge < -0.3 is 0 Å². The van der Waals surface area contributed by atoms with Gasteiger partial charge in [-0.15, -0.1) is 0 Å². The largest absolute Gasteiger partial charge is 0.288 e. The van der Waals surface area contributed by atoms with E-state index in [-0.39, 0.29) is 5.43 Å². The van der Waals surface area contributed by atoms with Crippen molar-refractivity contribution in [1.29, 1.82) is 0 Å². The Morgan fingerprint density at radius 3 is 2.50 bits per heavy atom. The SMILES string of the molecule is Cc1ccc(/C=C\c2nn(-c3cccc(Cl)c3)c3c(=O)ccccc23)cc1C. The maximum Gasteiger partial charge on any atom is 0.204 e. The highest BCUT2D eigenvalue weighted by atomic mass is 35.5. The third-order valence-corrected chi connectivity index (χ3v) is 5.06. The van der Waals surface area contributed by atoms with Crippen molar-refractivity contribution in [2.24, 2.45) is 0 Å². The molecule has 0 radical (unpaired) electrons. The summed E-state index contributed by atoms with van der Waals surface area (Å²) in [6.07, 6.45) is 3.97. The molecule has 3 aromatic carbocycles. The molecule has 0 saturated carbocycles. The summed E-state index contributed by atoms with van der Waals surface area (Å²) >= 11 is 6.15. The minimum absolute atomic E-state index is 0.0849. The molecule has 0 atom stereocenters.